The van der Waals surface area contributed by atoms with Crippen molar-refractivity contribution in [3.63, 3.8) is 0 Å². The number of nitrogens with one attached hydrogen (secondary N) is 1. The van der Waals surface area contributed by atoms with Gasteiger partial charge in [-0.3, -0.25) is 4.79 Å². The SMILES string of the molecule is CC[C@H](C)c1ccc(NC(=O)[C@H](C)OC(=O)c2cc(Cl)c(N)cc2OC)cc1. The van der Waals surface area contributed by atoms with Crippen LogP contribution in [0.3, 0.4) is 0 Å². The lowest BCUT2D eigenvalue weighted by Gasteiger charge is -2.16. The Morgan fingerprint density at radius 1 is 1.18 bits per heavy atom. The minimum atomic E-state index is -1.01. The second kappa shape index (κ2) is 9.46. The number of hydrogen-bond acceptors (Lipinski definition) is 5. The molecule has 2 aromatic carbocycles. The molecule has 0 saturated carbocycles. The van der Waals surface area contributed by atoms with Gasteiger partial charge in [-0.2, -0.15) is 0 Å². The van der Waals surface area contributed by atoms with E-state index in [1.54, 1.807) is 0 Å². The highest BCUT2D eigenvalue weighted by molar-refractivity contribution is 6.33. The first-order valence-corrected chi connectivity index (χ1v) is 9.39. The van der Waals surface area contributed by atoms with Gasteiger partial charge in [0.1, 0.15) is 11.3 Å². The van der Waals surface area contributed by atoms with Gasteiger partial charge < -0.3 is 20.5 Å². The fourth-order valence-corrected chi connectivity index (χ4v) is 2.71. The third-order valence-electron chi connectivity index (χ3n) is 4.55. The summed E-state index contributed by atoms with van der Waals surface area (Å²) in [6.45, 7) is 5.76. The molecular weight excluding hydrogens is 380 g/mol. The van der Waals surface area contributed by atoms with E-state index in [1.807, 2.05) is 24.3 Å². The smallest absolute Gasteiger partial charge is 0.342 e. The zero-order chi connectivity index (χ0) is 20.8. The molecule has 0 aliphatic rings. The highest BCUT2D eigenvalue weighted by atomic mass is 35.5. The van der Waals surface area contributed by atoms with Crippen LogP contribution in [0.15, 0.2) is 36.4 Å². The monoisotopic (exact) mass is 404 g/mol. The molecule has 0 radical (unpaired) electrons. The van der Waals surface area contributed by atoms with Gasteiger partial charge in [-0.15, -0.1) is 0 Å². The summed E-state index contributed by atoms with van der Waals surface area (Å²) in [7, 11) is 1.40. The Morgan fingerprint density at radius 2 is 1.82 bits per heavy atom. The summed E-state index contributed by atoms with van der Waals surface area (Å²) in [6.07, 6.45) is 0.0277. The largest absolute Gasteiger partial charge is 0.496 e. The van der Waals surface area contributed by atoms with Crippen LogP contribution in [0.25, 0.3) is 0 Å². The standard InChI is InChI=1S/C21H25ClN2O4/c1-5-12(2)14-6-8-15(9-7-14)24-20(25)13(3)28-21(26)16-10-17(22)18(23)11-19(16)27-4/h6-13H,5,23H2,1-4H3,(H,24,25)/t12-,13-/m0/s1. The molecule has 28 heavy (non-hydrogen) atoms. The lowest BCUT2D eigenvalue weighted by molar-refractivity contribution is -0.123. The second-order valence-electron chi connectivity index (χ2n) is 6.54. The molecule has 1 amide bonds. The summed E-state index contributed by atoms with van der Waals surface area (Å²) in [5.74, 6) is -0.495. The number of nitrogen functional groups attached to an aromatic ring is 1. The van der Waals surface area contributed by atoms with Crippen LogP contribution < -0.4 is 15.8 Å². The molecule has 0 fully saturated rings. The minimum Gasteiger partial charge on any atom is -0.496 e. The molecular formula is C21H25ClN2O4. The Hall–Kier alpha value is -2.73. The van der Waals surface area contributed by atoms with E-state index in [9.17, 15) is 9.59 Å². The van der Waals surface area contributed by atoms with Gasteiger partial charge >= 0.3 is 5.97 Å². The topological polar surface area (TPSA) is 90.7 Å². The fourth-order valence-electron chi connectivity index (χ4n) is 2.55. The Kier molecular flexibility index (Phi) is 7.29. The Bertz CT molecular complexity index is 852. The Balaban J connectivity index is 2.04. The maximum atomic E-state index is 12.4. The van der Waals surface area contributed by atoms with Crippen LogP contribution in [0, 0.1) is 0 Å². The summed E-state index contributed by atoms with van der Waals surface area (Å²) in [4.78, 5) is 24.8. The predicted octanol–water partition coefficient (Wildman–Crippen LogP) is 4.63. The van der Waals surface area contributed by atoms with Crippen molar-refractivity contribution in [2.24, 2.45) is 0 Å². The molecule has 6 nitrogen and oxygen atoms in total. The van der Waals surface area contributed by atoms with Crippen molar-refractivity contribution in [2.75, 3.05) is 18.2 Å². The summed E-state index contributed by atoms with van der Waals surface area (Å²) >= 11 is 5.97. The first-order valence-electron chi connectivity index (χ1n) is 9.01. The number of ether oxygens (including phenoxy) is 2. The molecule has 7 heteroatoms. The lowest BCUT2D eigenvalue weighted by Crippen LogP contribution is -2.30. The van der Waals surface area contributed by atoms with Crippen molar-refractivity contribution in [1.82, 2.24) is 0 Å². The van der Waals surface area contributed by atoms with Gasteiger partial charge in [0, 0.05) is 11.8 Å². The molecule has 0 aromatic heterocycles. The molecule has 0 spiro atoms. The Labute approximate surface area is 170 Å². The third-order valence-corrected chi connectivity index (χ3v) is 4.88. The molecule has 0 aliphatic heterocycles. The molecule has 0 saturated heterocycles. The number of esters is 1. The average Bonchev–Trinajstić information content (AvgIpc) is 2.69. The number of rotatable bonds is 7. The van der Waals surface area contributed by atoms with Crippen molar-refractivity contribution in [3.05, 3.63) is 52.5 Å². The molecule has 2 rings (SSSR count). The molecule has 3 N–H and O–H groups in total. The highest BCUT2D eigenvalue weighted by Crippen LogP contribution is 2.29. The molecule has 150 valence electrons. The Morgan fingerprint density at radius 3 is 2.39 bits per heavy atom. The molecule has 0 heterocycles. The zero-order valence-electron chi connectivity index (χ0n) is 16.4. The fraction of sp³-hybridized carbons (Fsp3) is 0.333. The van der Waals surface area contributed by atoms with E-state index in [-0.39, 0.29) is 22.0 Å². The summed E-state index contributed by atoms with van der Waals surface area (Å²) in [5, 5.41) is 2.94. The second-order valence-corrected chi connectivity index (χ2v) is 6.95. The van der Waals surface area contributed by atoms with E-state index in [4.69, 9.17) is 26.8 Å². The van der Waals surface area contributed by atoms with E-state index < -0.39 is 18.0 Å². The number of hydrogen-bond donors (Lipinski definition) is 2. The number of benzene rings is 2. The minimum absolute atomic E-state index is 0.0965. The highest BCUT2D eigenvalue weighted by Gasteiger charge is 2.22. The number of methoxy groups -OCH3 is 1. The summed E-state index contributed by atoms with van der Waals surface area (Å²) < 4.78 is 10.4. The lowest BCUT2D eigenvalue weighted by atomic mass is 9.99. The van der Waals surface area contributed by atoms with Crippen molar-refractivity contribution in [1.29, 1.82) is 0 Å². The van der Waals surface area contributed by atoms with E-state index in [0.29, 0.717) is 11.6 Å². The molecule has 0 aliphatic carbocycles. The van der Waals surface area contributed by atoms with Crippen LogP contribution in [0.5, 0.6) is 5.75 Å². The predicted molar refractivity (Wildman–Crippen MR) is 111 cm³/mol. The number of carbonyl (C=O) groups excluding carboxylic acids is 2. The summed E-state index contributed by atoms with van der Waals surface area (Å²) in [5.41, 5.74) is 7.92. The van der Waals surface area contributed by atoms with Gasteiger partial charge in [0.05, 0.1) is 17.8 Å². The van der Waals surface area contributed by atoms with Crippen LogP contribution in [-0.2, 0) is 9.53 Å². The van der Waals surface area contributed by atoms with E-state index in [2.05, 4.69) is 19.2 Å². The maximum Gasteiger partial charge on any atom is 0.342 e. The van der Waals surface area contributed by atoms with Crippen molar-refractivity contribution >= 4 is 34.9 Å². The molecule has 2 aromatic rings. The first kappa shape index (κ1) is 21.6. The van der Waals surface area contributed by atoms with Crippen LogP contribution in [0.1, 0.15) is 49.0 Å². The number of halogens is 1. The van der Waals surface area contributed by atoms with Gasteiger partial charge in [-0.25, -0.2) is 4.79 Å². The zero-order valence-corrected chi connectivity index (χ0v) is 17.2. The van der Waals surface area contributed by atoms with Gasteiger partial charge in [-0.05, 0) is 43.0 Å². The number of amides is 1. The molecule has 2 atom stereocenters. The number of carbonyl (C=O) groups is 2. The van der Waals surface area contributed by atoms with Crippen molar-refractivity contribution in [2.45, 2.75) is 39.2 Å². The van der Waals surface area contributed by atoms with Crippen LogP contribution >= 0.6 is 11.6 Å². The van der Waals surface area contributed by atoms with Gasteiger partial charge in [0.2, 0.25) is 0 Å². The molecule has 0 unspecified atom stereocenters. The van der Waals surface area contributed by atoms with Gasteiger partial charge in [0.25, 0.3) is 5.91 Å². The van der Waals surface area contributed by atoms with Crippen LogP contribution in [-0.4, -0.2) is 25.1 Å². The maximum absolute atomic E-state index is 12.4. The first-order chi connectivity index (χ1) is 13.3. The van der Waals surface area contributed by atoms with Crippen molar-refractivity contribution in [3.8, 4) is 5.75 Å². The van der Waals surface area contributed by atoms with Crippen molar-refractivity contribution < 1.29 is 19.1 Å². The average molecular weight is 405 g/mol. The van der Waals surface area contributed by atoms with E-state index in [1.165, 1.54) is 31.7 Å². The van der Waals surface area contributed by atoms with Gasteiger partial charge in [-0.1, -0.05) is 37.6 Å². The van der Waals surface area contributed by atoms with Crippen LogP contribution in [0.4, 0.5) is 11.4 Å². The normalized spacial score (nSPS) is 12.8. The quantitative estimate of drug-likeness (QED) is 0.518. The number of nitrogens with two attached hydrogens (primary N) is 1. The van der Waals surface area contributed by atoms with Gasteiger partial charge in [0.15, 0.2) is 6.10 Å². The summed E-state index contributed by atoms with van der Waals surface area (Å²) in [6, 6.07) is 10.4. The van der Waals surface area contributed by atoms with E-state index >= 15 is 0 Å². The van der Waals surface area contributed by atoms with E-state index in [0.717, 1.165) is 6.42 Å². The third kappa shape index (κ3) is 5.16. The number of anilines is 2. The molecule has 0 bridgehead atoms. The van der Waals surface area contributed by atoms with Crippen LogP contribution in [0.2, 0.25) is 5.02 Å².